The van der Waals surface area contributed by atoms with Gasteiger partial charge < -0.3 is 15.2 Å². The van der Waals surface area contributed by atoms with E-state index in [1.165, 1.54) is 6.20 Å². The molecule has 128 valence electrons. The van der Waals surface area contributed by atoms with E-state index >= 15 is 0 Å². The number of alkyl halides is 1. The maximum Gasteiger partial charge on any atom is 0.330 e. The van der Waals surface area contributed by atoms with Crippen molar-refractivity contribution in [2.75, 3.05) is 13.2 Å². The Hall–Kier alpha value is -1.77. The van der Waals surface area contributed by atoms with Crippen LogP contribution < -0.4 is 16.6 Å². The van der Waals surface area contributed by atoms with Crippen molar-refractivity contribution in [2.45, 2.75) is 45.3 Å². The molecule has 2 heterocycles. The van der Waals surface area contributed by atoms with Gasteiger partial charge >= 0.3 is 5.69 Å². The van der Waals surface area contributed by atoms with E-state index in [4.69, 9.17) is 9.84 Å². The van der Waals surface area contributed by atoms with Gasteiger partial charge in [-0.05, 0) is 13.8 Å². The number of aromatic nitrogens is 2. The minimum absolute atomic E-state index is 0.0148. The molecule has 0 amide bonds. The number of aromatic amines is 1. The Balaban J connectivity index is 2.18. The summed E-state index contributed by atoms with van der Waals surface area (Å²) in [5.74, 6) is 0. The fourth-order valence-electron chi connectivity index (χ4n) is 2.39. The van der Waals surface area contributed by atoms with Crippen LogP contribution in [0.15, 0.2) is 27.4 Å². The minimum atomic E-state index is -1.41. The highest BCUT2D eigenvalue weighted by molar-refractivity contribution is 5.06. The number of hydrogen-bond donors (Lipinski definition) is 3. The Morgan fingerprint density at radius 1 is 1.57 bits per heavy atom. The van der Waals surface area contributed by atoms with Gasteiger partial charge in [-0.15, -0.1) is 0 Å². The van der Waals surface area contributed by atoms with Crippen LogP contribution in [0, 0.1) is 0 Å². The summed E-state index contributed by atoms with van der Waals surface area (Å²) in [6.45, 7) is 4.44. The molecule has 23 heavy (non-hydrogen) atoms. The third-order valence-corrected chi connectivity index (χ3v) is 3.62. The van der Waals surface area contributed by atoms with Gasteiger partial charge in [0.1, 0.15) is 6.17 Å². The molecule has 0 aliphatic carbocycles. The van der Waals surface area contributed by atoms with E-state index in [-0.39, 0.29) is 19.6 Å². The molecule has 3 N–H and O–H groups in total. The first kappa shape index (κ1) is 17.6. The number of nitrogens with one attached hydrogen (secondary N) is 2. The highest BCUT2D eigenvalue weighted by atomic mass is 19.1. The lowest BCUT2D eigenvalue weighted by atomic mass is 10.2. The minimum Gasteiger partial charge on any atom is -0.394 e. The van der Waals surface area contributed by atoms with Crippen LogP contribution in [0.4, 0.5) is 4.39 Å². The predicted molar refractivity (Wildman–Crippen MR) is 83.0 cm³/mol. The first-order valence-corrected chi connectivity index (χ1v) is 7.51. The van der Waals surface area contributed by atoms with Crippen LogP contribution in [0.3, 0.4) is 0 Å². The number of allylic oxidation sites excluding steroid dienone is 1. The predicted octanol–water partition coefficient (Wildman–Crippen LogP) is 0.210. The molecule has 0 unspecified atom stereocenters. The van der Waals surface area contributed by atoms with Crippen molar-refractivity contribution in [1.29, 1.82) is 0 Å². The quantitative estimate of drug-likeness (QED) is 0.513. The standard InChI is InChI=1S/C15H22FN3O4/c1-9(2)3-4-17-6-10-7-19(15(22)18-13(10)21)14-12(16)5-11(8-20)23-14/h3,7,11-12,14,17,20H,4-6,8H2,1-2H3,(H,18,21,22)/t11-,12-,14+/m0/s1. The lowest BCUT2D eigenvalue weighted by molar-refractivity contribution is -0.0395. The fourth-order valence-corrected chi connectivity index (χ4v) is 2.39. The Kier molecular flexibility index (Phi) is 5.86. The van der Waals surface area contributed by atoms with E-state index < -0.39 is 29.8 Å². The molecule has 8 heteroatoms. The first-order valence-electron chi connectivity index (χ1n) is 7.51. The maximum absolute atomic E-state index is 14.0. The van der Waals surface area contributed by atoms with Crippen LogP contribution in [0.2, 0.25) is 0 Å². The lowest BCUT2D eigenvalue weighted by Crippen LogP contribution is -2.37. The molecule has 0 bridgehead atoms. The summed E-state index contributed by atoms with van der Waals surface area (Å²) in [4.78, 5) is 25.9. The highest BCUT2D eigenvalue weighted by Gasteiger charge is 2.37. The van der Waals surface area contributed by atoms with Gasteiger partial charge in [0.2, 0.25) is 0 Å². The first-order chi connectivity index (χ1) is 10.9. The summed E-state index contributed by atoms with van der Waals surface area (Å²) in [5, 5.41) is 12.1. The Bertz CT molecular complexity index is 678. The largest absolute Gasteiger partial charge is 0.394 e. The molecule has 1 aromatic heterocycles. The van der Waals surface area contributed by atoms with Crippen LogP contribution >= 0.6 is 0 Å². The monoisotopic (exact) mass is 327 g/mol. The molecule has 1 aromatic rings. The van der Waals surface area contributed by atoms with Crippen LogP contribution in [-0.4, -0.2) is 40.1 Å². The Morgan fingerprint density at radius 3 is 2.91 bits per heavy atom. The number of H-pyrrole nitrogens is 1. The molecule has 1 aliphatic rings. The van der Waals surface area contributed by atoms with Crippen LogP contribution in [-0.2, 0) is 11.3 Å². The molecule has 7 nitrogen and oxygen atoms in total. The van der Waals surface area contributed by atoms with Gasteiger partial charge in [-0.25, -0.2) is 9.18 Å². The van der Waals surface area contributed by atoms with Gasteiger partial charge in [0.25, 0.3) is 5.56 Å². The molecule has 2 rings (SSSR count). The van der Waals surface area contributed by atoms with E-state index in [2.05, 4.69) is 10.3 Å². The SMILES string of the molecule is CC(C)=CCNCc1cn([C@@H]2O[C@H](CO)C[C@@H]2F)c(=O)[nH]c1=O. The zero-order chi connectivity index (χ0) is 17.0. The maximum atomic E-state index is 14.0. The van der Waals surface area contributed by atoms with E-state index in [1.807, 2.05) is 19.9 Å². The summed E-state index contributed by atoms with van der Waals surface area (Å²) in [7, 11) is 0. The number of nitrogens with zero attached hydrogens (tertiary/aromatic N) is 1. The molecule has 3 atom stereocenters. The second kappa shape index (κ2) is 7.67. The van der Waals surface area contributed by atoms with Gasteiger partial charge in [0.05, 0.1) is 12.7 Å². The third kappa shape index (κ3) is 4.37. The van der Waals surface area contributed by atoms with Crippen LogP contribution in [0.25, 0.3) is 0 Å². The van der Waals surface area contributed by atoms with Crippen molar-refractivity contribution in [3.63, 3.8) is 0 Å². The molecule has 1 fully saturated rings. The smallest absolute Gasteiger partial charge is 0.330 e. The van der Waals surface area contributed by atoms with Crippen molar-refractivity contribution >= 4 is 0 Å². The van der Waals surface area contributed by atoms with Crippen molar-refractivity contribution in [1.82, 2.24) is 14.9 Å². The summed E-state index contributed by atoms with van der Waals surface area (Å²) in [6.07, 6.45) is 0.103. The summed E-state index contributed by atoms with van der Waals surface area (Å²) in [5.41, 5.74) is 0.221. The van der Waals surface area contributed by atoms with E-state index in [1.54, 1.807) is 0 Å². The summed E-state index contributed by atoms with van der Waals surface area (Å²) < 4.78 is 20.4. The number of hydrogen-bond acceptors (Lipinski definition) is 5. The van der Waals surface area contributed by atoms with Crippen molar-refractivity contribution in [2.24, 2.45) is 0 Å². The van der Waals surface area contributed by atoms with E-state index in [9.17, 15) is 14.0 Å². The zero-order valence-corrected chi connectivity index (χ0v) is 13.2. The molecule has 0 radical (unpaired) electrons. The van der Waals surface area contributed by atoms with Gasteiger partial charge in [0.15, 0.2) is 6.23 Å². The van der Waals surface area contributed by atoms with Gasteiger partial charge in [-0.2, -0.15) is 0 Å². The molecular weight excluding hydrogens is 305 g/mol. The molecule has 0 spiro atoms. The van der Waals surface area contributed by atoms with Crippen LogP contribution in [0.5, 0.6) is 0 Å². The van der Waals surface area contributed by atoms with Gasteiger partial charge in [0, 0.05) is 31.3 Å². The zero-order valence-electron chi connectivity index (χ0n) is 13.2. The molecule has 1 saturated heterocycles. The third-order valence-electron chi connectivity index (χ3n) is 3.62. The van der Waals surface area contributed by atoms with Crippen molar-refractivity contribution in [3.8, 4) is 0 Å². The second-order valence-corrected chi connectivity index (χ2v) is 5.82. The van der Waals surface area contributed by atoms with E-state index in [0.717, 1.165) is 10.1 Å². The average molecular weight is 327 g/mol. The normalized spacial score (nSPS) is 23.9. The number of ether oxygens (including phenoxy) is 1. The lowest BCUT2D eigenvalue weighted by Gasteiger charge is -2.17. The molecule has 1 aliphatic heterocycles. The fraction of sp³-hybridized carbons (Fsp3) is 0.600. The topological polar surface area (TPSA) is 96.3 Å². The number of aliphatic hydroxyl groups excluding tert-OH is 1. The average Bonchev–Trinajstić information content (AvgIpc) is 2.86. The number of rotatable bonds is 6. The Labute approximate surface area is 132 Å². The summed E-state index contributed by atoms with van der Waals surface area (Å²) >= 11 is 0. The van der Waals surface area contributed by atoms with Gasteiger partial charge in [-0.1, -0.05) is 11.6 Å². The molecule has 0 saturated carbocycles. The van der Waals surface area contributed by atoms with E-state index in [0.29, 0.717) is 12.1 Å². The van der Waals surface area contributed by atoms with Crippen LogP contribution in [0.1, 0.15) is 32.1 Å². The van der Waals surface area contributed by atoms with Crippen molar-refractivity contribution in [3.05, 3.63) is 44.2 Å². The van der Waals surface area contributed by atoms with Crippen molar-refractivity contribution < 1.29 is 14.2 Å². The number of halogens is 1. The van der Waals surface area contributed by atoms with Gasteiger partial charge in [-0.3, -0.25) is 14.3 Å². The second-order valence-electron chi connectivity index (χ2n) is 5.82. The Morgan fingerprint density at radius 2 is 2.30 bits per heavy atom. The molecule has 0 aromatic carbocycles. The molecular formula is C15H22FN3O4. The number of aliphatic hydroxyl groups is 1. The highest BCUT2D eigenvalue weighted by Crippen LogP contribution is 2.29. The summed E-state index contributed by atoms with van der Waals surface area (Å²) in [6, 6.07) is 0.